The van der Waals surface area contributed by atoms with Crippen LogP contribution in [0.1, 0.15) is 17.5 Å². The molecule has 1 amide bonds. The largest absolute Gasteiger partial charge is 0.496 e. The van der Waals surface area contributed by atoms with Crippen LogP contribution in [0.25, 0.3) is 0 Å². The van der Waals surface area contributed by atoms with E-state index in [1.54, 1.807) is 13.3 Å². The minimum absolute atomic E-state index is 0.257. The quantitative estimate of drug-likeness (QED) is 0.326. The van der Waals surface area contributed by atoms with Crippen LogP contribution in [-0.4, -0.2) is 58.7 Å². The average molecular weight is 417 g/mol. The number of carboxylic acid groups (broad SMARTS) is 1. The second-order valence-corrected chi connectivity index (χ2v) is 7.38. The first-order valence-electron chi connectivity index (χ1n) is 8.88. The van der Waals surface area contributed by atoms with Crippen LogP contribution in [0.15, 0.2) is 53.7 Å². The molecule has 0 aromatic heterocycles. The molecule has 1 heterocycles. The molecule has 0 saturated carbocycles. The zero-order valence-electron chi connectivity index (χ0n) is 16.2. The molecule has 0 radical (unpaired) electrons. The lowest BCUT2D eigenvalue weighted by molar-refractivity contribution is -0.138. The molecule has 8 nitrogen and oxygen atoms in total. The van der Waals surface area contributed by atoms with E-state index in [1.807, 2.05) is 30.4 Å². The summed E-state index contributed by atoms with van der Waals surface area (Å²) in [5.74, 6) is -0.639. The standard InChI is InChI=1S/C20H24N4O4S/c1-4-8-24(9-5-2)13-15-10-14(6-7-16(15)28-3)12-21-23-20-22-19(27)17(29-20)11-18(25)26/h4-7,10,12,17H,1-2,8-9,11,13H2,3H3,(H,25,26)(H,22,23,27). The van der Waals surface area contributed by atoms with E-state index in [9.17, 15) is 9.59 Å². The minimum atomic E-state index is -1.03. The zero-order chi connectivity index (χ0) is 21.2. The van der Waals surface area contributed by atoms with E-state index >= 15 is 0 Å². The lowest BCUT2D eigenvalue weighted by atomic mass is 10.1. The van der Waals surface area contributed by atoms with Crippen LogP contribution in [0.4, 0.5) is 0 Å². The molecule has 1 fully saturated rings. The van der Waals surface area contributed by atoms with Gasteiger partial charge >= 0.3 is 5.97 Å². The number of hydrogen-bond acceptors (Lipinski definition) is 7. The van der Waals surface area contributed by atoms with Crippen LogP contribution in [0.5, 0.6) is 5.75 Å². The zero-order valence-corrected chi connectivity index (χ0v) is 17.0. The smallest absolute Gasteiger partial charge is 0.305 e. The third kappa shape index (κ3) is 6.88. The molecule has 1 saturated heterocycles. The lowest BCUT2D eigenvalue weighted by Crippen LogP contribution is -2.26. The Balaban J connectivity index is 2.10. The normalized spacial score (nSPS) is 17.7. The second-order valence-electron chi connectivity index (χ2n) is 6.19. The number of amides is 1. The van der Waals surface area contributed by atoms with Crippen LogP contribution in [-0.2, 0) is 16.1 Å². The minimum Gasteiger partial charge on any atom is -0.496 e. The van der Waals surface area contributed by atoms with Gasteiger partial charge in [-0.3, -0.25) is 14.5 Å². The Morgan fingerprint density at radius 1 is 1.38 bits per heavy atom. The maximum absolute atomic E-state index is 11.7. The van der Waals surface area contributed by atoms with Gasteiger partial charge in [-0.15, -0.1) is 18.3 Å². The molecule has 0 spiro atoms. The van der Waals surface area contributed by atoms with E-state index in [0.29, 0.717) is 6.54 Å². The molecule has 2 N–H and O–H groups in total. The molecule has 1 aromatic carbocycles. The summed E-state index contributed by atoms with van der Waals surface area (Å²) in [5.41, 5.74) is 1.80. The fraction of sp³-hybridized carbons (Fsp3) is 0.300. The number of nitrogens with zero attached hydrogens (tertiary/aromatic N) is 3. The van der Waals surface area contributed by atoms with Gasteiger partial charge in [-0.2, -0.15) is 5.10 Å². The summed E-state index contributed by atoms with van der Waals surface area (Å²) in [6, 6.07) is 5.67. The van der Waals surface area contributed by atoms with Crippen LogP contribution in [0.3, 0.4) is 0 Å². The maximum Gasteiger partial charge on any atom is 0.305 e. The molecule has 9 heteroatoms. The van der Waals surface area contributed by atoms with Gasteiger partial charge in [0.1, 0.15) is 11.0 Å². The fourth-order valence-electron chi connectivity index (χ4n) is 2.71. The van der Waals surface area contributed by atoms with Crippen molar-refractivity contribution in [2.75, 3.05) is 20.2 Å². The van der Waals surface area contributed by atoms with Crippen molar-refractivity contribution in [3.63, 3.8) is 0 Å². The summed E-state index contributed by atoms with van der Waals surface area (Å²) in [6.45, 7) is 9.65. The summed E-state index contributed by atoms with van der Waals surface area (Å²) >= 11 is 1.06. The highest BCUT2D eigenvalue weighted by molar-refractivity contribution is 8.15. The lowest BCUT2D eigenvalue weighted by Gasteiger charge is -2.20. The number of carboxylic acids is 1. The van der Waals surface area contributed by atoms with Crippen molar-refractivity contribution in [1.29, 1.82) is 0 Å². The maximum atomic E-state index is 11.7. The number of benzene rings is 1. The van der Waals surface area contributed by atoms with E-state index in [2.05, 4.69) is 33.6 Å². The molecular formula is C20H24N4O4S. The van der Waals surface area contributed by atoms with Crippen molar-refractivity contribution in [3.05, 3.63) is 54.6 Å². The molecule has 2 rings (SSSR count). The average Bonchev–Trinajstić information content (AvgIpc) is 3.01. The van der Waals surface area contributed by atoms with Gasteiger partial charge in [0.25, 0.3) is 0 Å². The van der Waals surface area contributed by atoms with Gasteiger partial charge in [-0.25, -0.2) is 0 Å². The second kappa shape index (κ2) is 11.2. The number of carbonyl (C=O) groups excluding carboxylic acids is 1. The molecule has 1 unspecified atom stereocenters. The van der Waals surface area contributed by atoms with Gasteiger partial charge in [0.05, 0.1) is 19.7 Å². The van der Waals surface area contributed by atoms with Crippen molar-refractivity contribution in [1.82, 2.24) is 10.2 Å². The highest BCUT2D eigenvalue weighted by Gasteiger charge is 2.32. The number of thioether (sulfide) groups is 1. The predicted octanol–water partition coefficient (Wildman–Crippen LogP) is 2.27. The third-order valence-electron chi connectivity index (χ3n) is 3.96. The summed E-state index contributed by atoms with van der Waals surface area (Å²) in [6.07, 6.45) is 4.98. The Bertz CT molecular complexity index is 828. The van der Waals surface area contributed by atoms with E-state index in [4.69, 9.17) is 9.84 Å². The van der Waals surface area contributed by atoms with E-state index < -0.39 is 11.2 Å². The van der Waals surface area contributed by atoms with Gasteiger partial charge in [0, 0.05) is 25.2 Å². The van der Waals surface area contributed by atoms with Gasteiger partial charge in [-0.1, -0.05) is 23.9 Å². The van der Waals surface area contributed by atoms with Crippen LogP contribution in [0.2, 0.25) is 0 Å². The molecule has 154 valence electrons. The molecule has 1 aromatic rings. The van der Waals surface area contributed by atoms with Gasteiger partial charge < -0.3 is 15.2 Å². The molecule has 29 heavy (non-hydrogen) atoms. The van der Waals surface area contributed by atoms with Crippen molar-refractivity contribution >= 4 is 35.0 Å². The van der Waals surface area contributed by atoms with Gasteiger partial charge in [-0.05, 0) is 23.8 Å². The topological polar surface area (TPSA) is 104 Å². The number of aliphatic carboxylic acids is 1. The number of methoxy groups -OCH3 is 1. The van der Waals surface area contributed by atoms with Crippen molar-refractivity contribution < 1.29 is 19.4 Å². The summed E-state index contributed by atoms with van der Waals surface area (Å²) < 4.78 is 5.45. The molecule has 1 aliphatic rings. The Morgan fingerprint density at radius 3 is 2.72 bits per heavy atom. The Kier molecular flexibility index (Phi) is 8.63. The predicted molar refractivity (Wildman–Crippen MR) is 115 cm³/mol. The Morgan fingerprint density at radius 2 is 2.10 bits per heavy atom. The molecule has 0 bridgehead atoms. The monoisotopic (exact) mass is 416 g/mol. The Labute approximate surface area is 174 Å². The molecule has 0 aliphatic carbocycles. The Hall–Kier alpha value is -2.91. The van der Waals surface area contributed by atoms with Crippen molar-refractivity contribution in [2.24, 2.45) is 10.2 Å². The number of nitrogens with one attached hydrogen (secondary N) is 1. The number of amidine groups is 1. The first kappa shape index (κ1) is 22.4. The summed E-state index contributed by atoms with van der Waals surface area (Å²) in [7, 11) is 1.62. The number of ether oxygens (including phenoxy) is 1. The first-order chi connectivity index (χ1) is 14.0. The van der Waals surface area contributed by atoms with Gasteiger partial charge in [0.15, 0.2) is 5.17 Å². The van der Waals surface area contributed by atoms with Crippen molar-refractivity contribution in [2.45, 2.75) is 18.2 Å². The van der Waals surface area contributed by atoms with E-state index in [0.717, 1.165) is 41.7 Å². The molecule has 1 aliphatic heterocycles. The van der Waals surface area contributed by atoms with E-state index in [-0.39, 0.29) is 17.5 Å². The van der Waals surface area contributed by atoms with E-state index in [1.165, 1.54) is 0 Å². The molecular weight excluding hydrogens is 392 g/mol. The van der Waals surface area contributed by atoms with Crippen LogP contribution < -0.4 is 10.1 Å². The summed E-state index contributed by atoms with van der Waals surface area (Å²) in [4.78, 5) is 24.6. The first-order valence-corrected chi connectivity index (χ1v) is 9.76. The number of rotatable bonds is 11. The fourth-order valence-corrected chi connectivity index (χ4v) is 3.62. The molecule has 1 atom stereocenters. The summed E-state index contributed by atoms with van der Waals surface area (Å²) in [5, 5.41) is 18.9. The number of carbonyl (C=O) groups is 2. The van der Waals surface area contributed by atoms with Crippen LogP contribution in [0, 0.1) is 0 Å². The highest BCUT2D eigenvalue weighted by atomic mass is 32.2. The SMILES string of the molecule is C=CCN(CC=C)Cc1cc(C=NN=C2NC(=O)C(CC(=O)O)S2)ccc1OC. The van der Waals surface area contributed by atoms with Crippen molar-refractivity contribution in [3.8, 4) is 5.75 Å². The van der Waals surface area contributed by atoms with Gasteiger partial charge in [0.2, 0.25) is 5.91 Å². The van der Waals surface area contributed by atoms with Crippen LogP contribution >= 0.6 is 11.8 Å². The number of hydrogen-bond donors (Lipinski definition) is 2. The highest BCUT2D eigenvalue weighted by Crippen LogP contribution is 2.23. The third-order valence-corrected chi connectivity index (χ3v) is 5.04.